The Morgan fingerprint density at radius 3 is 2.41 bits per heavy atom. The number of aliphatic hydroxyl groups is 1. The van der Waals surface area contributed by atoms with Gasteiger partial charge in [0.05, 0.1) is 4.90 Å². The highest BCUT2D eigenvalue weighted by molar-refractivity contribution is 7.86. The summed E-state index contributed by atoms with van der Waals surface area (Å²) in [5, 5.41) is 9.43. The van der Waals surface area contributed by atoms with Gasteiger partial charge in [-0.1, -0.05) is 31.0 Å². The normalized spacial score (nSPS) is 13.6. The zero-order chi connectivity index (χ0) is 12.9. The van der Waals surface area contributed by atoms with E-state index < -0.39 is 16.4 Å². The van der Waals surface area contributed by atoms with E-state index >= 15 is 0 Å². The van der Waals surface area contributed by atoms with Gasteiger partial charge in [0.25, 0.3) is 10.1 Å². The third-order valence-electron chi connectivity index (χ3n) is 2.35. The third-order valence-corrected chi connectivity index (χ3v) is 3.68. The second-order valence-electron chi connectivity index (χ2n) is 3.96. The van der Waals surface area contributed by atoms with E-state index in [1.54, 1.807) is 12.1 Å². The van der Waals surface area contributed by atoms with Gasteiger partial charge in [-0.25, -0.2) is 4.18 Å². The number of benzene rings is 1. The van der Waals surface area contributed by atoms with Gasteiger partial charge in [0, 0.05) is 0 Å². The molecule has 0 saturated heterocycles. The first-order chi connectivity index (χ1) is 7.95. The first kappa shape index (κ1) is 14.2. The first-order valence-electron chi connectivity index (χ1n) is 5.63. The van der Waals surface area contributed by atoms with Crippen LogP contribution in [0, 0.1) is 6.92 Å². The SMILES string of the molecule is CCCCC(O)OS(=O)(=O)c1ccc(C)cc1. The van der Waals surface area contributed by atoms with Crippen molar-refractivity contribution in [1.29, 1.82) is 0 Å². The molecule has 0 bridgehead atoms. The molecule has 0 aliphatic carbocycles. The van der Waals surface area contributed by atoms with Crippen molar-refractivity contribution in [2.24, 2.45) is 0 Å². The predicted octanol–water partition coefficient (Wildman–Crippen LogP) is 2.21. The molecule has 5 heteroatoms. The standard InChI is InChI=1S/C12H18O4S/c1-3-4-5-12(13)16-17(14,15)11-8-6-10(2)7-9-11/h6-9,12-13H,3-5H2,1-2H3. The van der Waals surface area contributed by atoms with Gasteiger partial charge < -0.3 is 5.11 Å². The topological polar surface area (TPSA) is 63.6 Å². The smallest absolute Gasteiger partial charge is 0.299 e. The number of unbranched alkanes of at least 4 members (excludes halogenated alkanes) is 1. The number of aryl methyl sites for hydroxylation is 1. The lowest BCUT2D eigenvalue weighted by molar-refractivity contribution is -0.0190. The summed E-state index contributed by atoms with van der Waals surface area (Å²) < 4.78 is 28.2. The van der Waals surface area contributed by atoms with Crippen molar-refractivity contribution in [2.75, 3.05) is 0 Å². The lowest BCUT2D eigenvalue weighted by Gasteiger charge is -2.11. The van der Waals surface area contributed by atoms with Crippen molar-refractivity contribution in [3.63, 3.8) is 0 Å². The third kappa shape index (κ3) is 4.46. The van der Waals surface area contributed by atoms with Crippen LogP contribution in [-0.4, -0.2) is 19.8 Å². The minimum Gasteiger partial charge on any atom is -0.367 e. The van der Waals surface area contributed by atoms with E-state index in [9.17, 15) is 13.5 Å². The molecule has 0 aliphatic heterocycles. The van der Waals surface area contributed by atoms with Gasteiger partial charge in [-0.3, -0.25) is 0 Å². The van der Waals surface area contributed by atoms with E-state index in [0.717, 1.165) is 18.4 Å². The molecule has 4 nitrogen and oxygen atoms in total. The molecular weight excluding hydrogens is 240 g/mol. The molecule has 0 spiro atoms. The Hall–Kier alpha value is -0.910. The van der Waals surface area contributed by atoms with Crippen LogP contribution < -0.4 is 0 Å². The van der Waals surface area contributed by atoms with E-state index in [0.29, 0.717) is 6.42 Å². The van der Waals surface area contributed by atoms with Crippen molar-refractivity contribution < 1.29 is 17.7 Å². The molecule has 1 N–H and O–H groups in total. The van der Waals surface area contributed by atoms with Crippen LogP contribution in [0.4, 0.5) is 0 Å². The van der Waals surface area contributed by atoms with Crippen LogP contribution in [0.25, 0.3) is 0 Å². The van der Waals surface area contributed by atoms with Crippen LogP contribution in [0.2, 0.25) is 0 Å². The van der Waals surface area contributed by atoms with Crippen LogP contribution in [0.3, 0.4) is 0 Å². The minimum absolute atomic E-state index is 0.0682. The molecule has 1 rings (SSSR count). The maximum Gasteiger partial charge on any atom is 0.299 e. The molecule has 0 aliphatic rings. The summed E-state index contributed by atoms with van der Waals surface area (Å²) >= 11 is 0. The van der Waals surface area contributed by atoms with Crippen molar-refractivity contribution in [1.82, 2.24) is 0 Å². The Labute approximate surface area is 102 Å². The molecule has 1 unspecified atom stereocenters. The van der Waals surface area contributed by atoms with Crippen molar-refractivity contribution >= 4 is 10.1 Å². The summed E-state index contributed by atoms with van der Waals surface area (Å²) in [6.07, 6.45) is 0.665. The first-order valence-corrected chi connectivity index (χ1v) is 7.04. The molecule has 1 atom stereocenters. The quantitative estimate of drug-likeness (QED) is 0.627. The van der Waals surface area contributed by atoms with Crippen LogP contribution in [0.15, 0.2) is 29.2 Å². The zero-order valence-corrected chi connectivity index (χ0v) is 10.9. The summed E-state index contributed by atoms with van der Waals surface area (Å²) in [5.74, 6) is 0. The average Bonchev–Trinajstić information content (AvgIpc) is 2.26. The van der Waals surface area contributed by atoms with Gasteiger partial charge in [-0.2, -0.15) is 8.42 Å². The molecule has 0 saturated carbocycles. The fourth-order valence-electron chi connectivity index (χ4n) is 1.33. The van der Waals surface area contributed by atoms with Crippen LogP contribution >= 0.6 is 0 Å². The summed E-state index contributed by atoms with van der Waals surface area (Å²) in [4.78, 5) is 0.0682. The lowest BCUT2D eigenvalue weighted by Crippen LogP contribution is -2.18. The van der Waals surface area contributed by atoms with E-state index in [1.165, 1.54) is 12.1 Å². The lowest BCUT2D eigenvalue weighted by atomic mass is 10.2. The maximum absolute atomic E-state index is 11.7. The molecular formula is C12H18O4S. The van der Waals surface area contributed by atoms with Crippen LogP contribution in [-0.2, 0) is 14.3 Å². The number of aliphatic hydroxyl groups excluding tert-OH is 1. The van der Waals surface area contributed by atoms with Crippen molar-refractivity contribution in [3.8, 4) is 0 Å². The molecule has 0 heterocycles. The maximum atomic E-state index is 11.7. The highest BCUT2D eigenvalue weighted by Crippen LogP contribution is 2.16. The highest BCUT2D eigenvalue weighted by atomic mass is 32.2. The Bertz CT molecular complexity index is 436. The average molecular weight is 258 g/mol. The molecule has 0 radical (unpaired) electrons. The summed E-state index contributed by atoms with van der Waals surface area (Å²) in [6, 6.07) is 6.32. The van der Waals surface area contributed by atoms with Gasteiger partial charge in [0.1, 0.15) is 0 Å². The van der Waals surface area contributed by atoms with Crippen LogP contribution in [0.5, 0.6) is 0 Å². The number of rotatable bonds is 6. The van der Waals surface area contributed by atoms with E-state index in [-0.39, 0.29) is 4.90 Å². The minimum atomic E-state index is -3.86. The Balaban J connectivity index is 2.71. The van der Waals surface area contributed by atoms with E-state index in [1.807, 2.05) is 13.8 Å². The molecule has 0 amide bonds. The van der Waals surface area contributed by atoms with Gasteiger partial charge in [0.2, 0.25) is 0 Å². The van der Waals surface area contributed by atoms with E-state index in [4.69, 9.17) is 4.18 Å². The second kappa shape index (κ2) is 6.14. The number of hydrogen-bond donors (Lipinski definition) is 1. The van der Waals surface area contributed by atoms with Gasteiger partial charge in [0.15, 0.2) is 6.29 Å². The Morgan fingerprint density at radius 2 is 1.88 bits per heavy atom. The van der Waals surface area contributed by atoms with Gasteiger partial charge >= 0.3 is 0 Å². The zero-order valence-electron chi connectivity index (χ0n) is 10.1. The second-order valence-corrected chi connectivity index (χ2v) is 5.53. The van der Waals surface area contributed by atoms with Crippen LogP contribution in [0.1, 0.15) is 31.7 Å². The molecule has 0 fully saturated rings. The summed E-state index contributed by atoms with van der Waals surface area (Å²) in [7, 11) is -3.86. The van der Waals surface area contributed by atoms with Crippen molar-refractivity contribution in [2.45, 2.75) is 44.3 Å². The van der Waals surface area contributed by atoms with Gasteiger partial charge in [-0.15, -0.1) is 0 Å². The number of hydrogen-bond acceptors (Lipinski definition) is 4. The monoisotopic (exact) mass is 258 g/mol. The fourth-order valence-corrected chi connectivity index (χ4v) is 2.30. The largest absolute Gasteiger partial charge is 0.367 e. The molecule has 1 aromatic carbocycles. The fraction of sp³-hybridized carbons (Fsp3) is 0.500. The van der Waals surface area contributed by atoms with Gasteiger partial charge in [-0.05, 0) is 31.9 Å². The molecule has 96 valence electrons. The van der Waals surface area contributed by atoms with Crippen molar-refractivity contribution in [3.05, 3.63) is 29.8 Å². The summed E-state index contributed by atoms with van der Waals surface area (Å²) in [5.41, 5.74) is 0.968. The Kier molecular flexibility index (Phi) is 5.11. The molecule has 1 aromatic rings. The molecule has 0 aromatic heterocycles. The highest BCUT2D eigenvalue weighted by Gasteiger charge is 2.19. The predicted molar refractivity (Wildman–Crippen MR) is 65.0 cm³/mol. The molecule has 17 heavy (non-hydrogen) atoms. The van der Waals surface area contributed by atoms with E-state index in [2.05, 4.69) is 0 Å². The Morgan fingerprint density at radius 1 is 1.29 bits per heavy atom. The summed E-state index contributed by atoms with van der Waals surface area (Å²) in [6.45, 7) is 3.83.